The lowest BCUT2D eigenvalue weighted by Crippen LogP contribution is -2.33. The zero-order valence-electron chi connectivity index (χ0n) is 12.1. The predicted octanol–water partition coefficient (Wildman–Crippen LogP) is 2.91. The minimum Gasteiger partial charge on any atom is -0.492 e. The van der Waals surface area contributed by atoms with Crippen molar-refractivity contribution >= 4 is 0 Å². The van der Waals surface area contributed by atoms with Crippen LogP contribution in [0.4, 0.5) is 0 Å². The minimum absolute atomic E-state index is 0.416. The highest BCUT2D eigenvalue weighted by atomic mass is 16.5. The first-order valence-corrected chi connectivity index (χ1v) is 7.30. The lowest BCUT2D eigenvalue weighted by Gasteiger charge is -2.26. The molecule has 0 aromatic heterocycles. The van der Waals surface area contributed by atoms with Gasteiger partial charge in [-0.15, -0.1) is 0 Å². The molecule has 0 bridgehead atoms. The summed E-state index contributed by atoms with van der Waals surface area (Å²) < 4.78 is 5.85. The van der Waals surface area contributed by atoms with Gasteiger partial charge in [0.15, 0.2) is 0 Å². The van der Waals surface area contributed by atoms with E-state index in [9.17, 15) is 5.11 Å². The van der Waals surface area contributed by atoms with E-state index in [2.05, 4.69) is 4.90 Å². The minimum atomic E-state index is -0.416. The number of piperidine rings is 1. The van der Waals surface area contributed by atoms with Gasteiger partial charge in [-0.2, -0.15) is 0 Å². The van der Waals surface area contributed by atoms with E-state index in [1.54, 1.807) is 6.92 Å². The van der Waals surface area contributed by atoms with Crippen molar-refractivity contribution in [3.8, 4) is 5.75 Å². The van der Waals surface area contributed by atoms with Gasteiger partial charge in [0.1, 0.15) is 12.4 Å². The number of benzene rings is 1. The molecule has 1 aliphatic rings. The molecule has 2 rings (SSSR count). The Morgan fingerprint density at radius 3 is 2.63 bits per heavy atom. The van der Waals surface area contributed by atoms with Crippen molar-refractivity contribution in [2.24, 2.45) is 0 Å². The summed E-state index contributed by atoms with van der Waals surface area (Å²) in [5.74, 6) is 0.932. The number of aryl methyl sites for hydroxylation is 1. The second kappa shape index (κ2) is 6.92. The van der Waals surface area contributed by atoms with Gasteiger partial charge in [0.2, 0.25) is 0 Å². The first kappa shape index (κ1) is 14.4. The first-order chi connectivity index (χ1) is 9.16. The summed E-state index contributed by atoms with van der Waals surface area (Å²) in [4.78, 5) is 2.48. The normalized spacial score (nSPS) is 18.3. The Kier molecular flexibility index (Phi) is 5.23. The van der Waals surface area contributed by atoms with Crippen LogP contribution in [0.2, 0.25) is 0 Å². The average molecular weight is 263 g/mol. The molecule has 3 heteroatoms. The van der Waals surface area contributed by atoms with Crippen molar-refractivity contribution < 1.29 is 9.84 Å². The highest BCUT2D eigenvalue weighted by Crippen LogP contribution is 2.22. The van der Waals surface area contributed by atoms with Gasteiger partial charge in [0.25, 0.3) is 0 Å². The molecule has 19 heavy (non-hydrogen) atoms. The Hall–Kier alpha value is -1.06. The summed E-state index contributed by atoms with van der Waals surface area (Å²) >= 11 is 0. The Bertz CT molecular complexity index is 398. The smallest absolute Gasteiger partial charge is 0.122 e. The second-order valence-electron chi connectivity index (χ2n) is 5.45. The van der Waals surface area contributed by atoms with Crippen molar-refractivity contribution in [2.45, 2.75) is 39.2 Å². The quantitative estimate of drug-likeness (QED) is 0.886. The van der Waals surface area contributed by atoms with Gasteiger partial charge in [-0.1, -0.05) is 12.5 Å². The van der Waals surface area contributed by atoms with Crippen LogP contribution in [0.15, 0.2) is 18.2 Å². The number of aliphatic hydroxyl groups excluding tert-OH is 1. The maximum Gasteiger partial charge on any atom is 0.122 e. The fourth-order valence-electron chi connectivity index (χ4n) is 2.56. The average Bonchev–Trinajstić information content (AvgIpc) is 2.41. The zero-order chi connectivity index (χ0) is 13.7. The molecule has 0 spiro atoms. The molecule has 106 valence electrons. The Labute approximate surface area is 116 Å². The molecule has 1 aromatic carbocycles. The number of likely N-dealkylation sites (tertiary alicyclic amines) is 1. The van der Waals surface area contributed by atoms with Crippen LogP contribution in [0.3, 0.4) is 0 Å². The molecule has 1 aliphatic heterocycles. The molecule has 1 heterocycles. The lowest BCUT2D eigenvalue weighted by atomic mass is 10.1. The van der Waals surface area contributed by atoms with Crippen LogP contribution in [-0.4, -0.2) is 36.2 Å². The molecule has 0 aliphatic carbocycles. The molecule has 1 aromatic rings. The van der Waals surface area contributed by atoms with Crippen molar-refractivity contribution in [2.75, 3.05) is 26.2 Å². The van der Waals surface area contributed by atoms with Crippen LogP contribution >= 0.6 is 0 Å². The van der Waals surface area contributed by atoms with Gasteiger partial charge >= 0.3 is 0 Å². The van der Waals surface area contributed by atoms with Crippen LogP contribution in [0, 0.1) is 6.92 Å². The Balaban J connectivity index is 1.82. The highest BCUT2D eigenvalue weighted by Gasteiger charge is 2.10. The van der Waals surface area contributed by atoms with Gasteiger partial charge in [0, 0.05) is 6.54 Å². The van der Waals surface area contributed by atoms with Crippen LogP contribution < -0.4 is 4.74 Å². The molecular weight excluding hydrogens is 238 g/mol. The molecule has 0 radical (unpaired) electrons. The number of hydrogen-bond donors (Lipinski definition) is 1. The Morgan fingerprint density at radius 2 is 2.00 bits per heavy atom. The van der Waals surface area contributed by atoms with Crippen molar-refractivity contribution in [3.05, 3.63) is 29.3 Å². The molecular formula is C16H25NO2. The Morgan fingerprint density at radius 1 is 1.26 bits per heavy atom. The third-order valence-corrected chi connectivity index (χ3v) is 3.80. The topological polar surface area (TPSA) is 32.7 Å². The van der Waals surface area contributed by atoms with Crippen LogP contribution in [-0.2, 0) is 0 Å². The van der Waals surface area contributed by atoms with Crippen molar-refractivity contribution in [1.82, 2.24) is 4.90 Å². The monoisotopic (exact) mass is 263 g/mol. The molecule has 0 amide bonds. The van der Waals surface area contributed by atoms with Crippen LogP contribution in [0.1, 0.15) is 43.4 Å². The van der Waals surface area contributed by atoms with E-state index in [0.29, 0.717) is 0 Å². The summed E-state index contributed by atoms with van der Waals surface area (Å²) in [5.41, 5.74) is 2.04. The summed E-state index contributed by atoms with van der Waals surface area (Å²) in [6, 6.07) is 5.91. The van der Waals surface area contributed by atoms with Crippen molar-refractivity contribution in [3.63, 3.8) is 0 Å². The van der Waals surface area contributed by atoms with Crippen LogP contribution in [0.25, 0.3) is 0 Å². The van der Waals surface area contributed by atoms with E-state index in [1.807, 2.05) is 25.1 Å². The summed E-state index contributed by atoms with van der Waals surface area (Å²) in [6.07, 6.45) is 3.60. The van der Waals surface area contributed by atoms with Gasteiger partial charge in [-0.3, -0.25) is 4.90 Å². The van der Waals surface area contributed by atoms with Gasteiger partial charge in [0.05, 0.1) is 6.10 Å². The van der Waals surface area contributed by atoms with E-state index < -0.39 is 6.10 Å². The largest absolute Gasteiger partial charge is 0.492 e. The number of hydrogen-bond acceptors (Lipinski definition) is 3. The third-order valence-electron chi connectivity index (χ3n) is 3.80. The van der Waals surface area contributed by atoms with E-state index >= 15 is 0 Å². The highest BCUT2D eigenvalue weighted by molar-refractivity contribution is 5.36. The number of ether oxygens (including phenoxy) is 1. The first-order valence-electron chi connectivity index (χ1n) is 7.30. The van der Waals surface area contributed by atoms with Gasteiger partial charge < -0.3 is 9.84 Å². The van der Waals surface area contributed by atoms with Gasteiger partial charge in [-0.25, -0.2) is 0 Å². The zero-order valence-corrected chi connectivity index (χ0v) is 12.1. The molecule has 3 nitrogen and oxygen atoms in total. The van der Waals surface area contributed by atoms with E-state index in [4.69, 9.17) is 4.74 Å². The van der Waals surface area contributed by atoms with Gasteiger partial charge in [-0.05, 0) is 63.0 Å². The third kappa shape index (κ3) is 4.22. The summed E-state index contributed by atoms with van der Waals surface area (Å²) in [6.45, 7) is 7.99. The van der Waals surface area contributed by atoms with E-state index in [0.717, 1.165) is 30.0 Å². The maximum atomic E-state index is 9.54. The number of aliphatic hydroxyl groups is 1. The molecule has 0 saturated carbocycles. The fourth-order valence-corrected chi connectivity index (χ4v) is 2.56. The SMILES string of the molecule is Cc1cc([C@@H](C)O)ccc1OCCN1CCCCC1. The summed E-state index contributed by atoms with van der Waals surface area (Å²) in [7, 11) is 0. The molecule has 1 atom stereocenters. The molecule has 1 N–H and O–H groups in total. The number of nitrogens with zero attached hydrogens (tertiary/aromatic N) is 1. The lowest BCUT2D eigenvalue weighted by molar-refractivity contribution is 0.182. The predicted molar refractivity (Wildman–Crippen MR) is 77.6 cm³/mol. The van der Waals surface area contributed by atoms with Crippen molar-refractivity contribution in [1.29, 1.82) is 0 Å². The maximum absolute atomic E-state index is 9.54. The molecule has 0 unspecified atom stereocenters. The standard InChI is InChI=1S/C16H25NO2/c1-13-12-15(14(2)18)6-7-16(13)19-11-10-17-8-4-3-5-9-17/h6-7,12,14,18H,3-5,8-11H2,1-2H3/t14-/m1/s1. The van der Waals surface area contributed by atoms with E-state index in [-0.39, 0.29) is 0 Å². The van der Waals surface area contributed by atoms with Crippen LogP contribution in [0.5, 0.6) is 5.75 Å². The fraction of sp³-hybridized carbons (Fsp3) is 0.625. The number of rotatable bonds is 5. The summed E-state index contributed by atoms with van der Waals surface area (Å²) in [5, 5.41) is 9.54. The molecule has 1 saturated heterocycles. The molecule has 1 fully saturated rings. The second-order valence-corrected chi connectivity index (χ2v) is 5.45. The van der Waals surface area contributed by atoms with E-state index in [1.165, 1.54) is 32.4 Å².